The molecule has 0 spiro atoms. The molecule has 0 N–H and O–H groups in total. The topological polar surface area (TPSA) is 14.2 Å². The zero-order valence-corrected chi connectivity index (χ0v) is 21.2. The van der Waals surface area contributed by atoms with E-state index in [-0.39, 0.29) is 0 Å². The zero-order chi connectivity index (χ0) is 25.5. The molecule has 0 fully saturated rings. The maximum Gasteiger partial charge on any atom is 0.119 e. The van der Waals surface area contributed by atoms with Crippen molar-refractivity contribution in [3.05, 3.63) is 168 Å². The van der Waals surface area contributed by atoms with Gasteiger partial charge in [0.15, 0.2) is 0 Å². The molecule has 2 heteroatoms. The van der Waals surface area contributed by atoms with Gasteiger partial charge in [-0.3, -0.25) is 0 Å². The first-order valence-corrected chi connectivity index (χ1v) is 13.0. The Morgan fingerprint density at radius 2 is 1.11 bits per heavy atom. The molecule has 38 heavy (non-hydrogen) atoms. The molecule has 1 aliphatic rings. The Hall–Kier alpha value is -4.82. The lowest BCUT2D eigenvalue weighted by atomic mass is 9.82. The van der Waals surface area contributed by atoms with Crippen molar-refractivity contribution in [2.45, 2.75) is 5.54 Å². The van der Waals surface area contributed by atoms with Crippen molar-refractivity contribution in [3.8, 4) is 16.9 Å². The van der Waals surface area contributed by atoms with Gasteiger partial charge in [0, 0.05) is 16.5 Å². The van der Waals surface area contributed by atoms with Crippen molar-refractivity contribution in [2.24, 2.45) is 0 Å². The molecule has 0 amide bonds. The highest BCUT2D eigenvalue weighted by Gasteiger charge is 2.44. The number of aromatic nitrogens is 1. The van der Waals surface area contributed by atoms with E-state index in [1.807, 2.05) is 0 Å². The van der Waals surface area contributed by atoms with Crippen LogP contribution in [0, 0.1) is 0 Å². The summed E-state index contributed by atoms with van der Waals surface area (Å²) in [5.41, 5.74) is 9.18. The molecule has 0 unspecified atom stereocenters. The summed E-state index contributed by atoms with van der Waals surface area (Å²) >= 11 is 0. The Bertz CT molecular complexity index is 1730. The fraction of sp³-hybridized carbons (Fsp3) is 0.0556. The highest BCUT2D eigenvalue weighted by molar-refractivity contribution is 6.07. The van der Waals surface area contributed by atoms with Crippen LogP contribution in [-0.4, -0.2) is 11.7 Å². The predicted molar refractivity (Wildman–Crippen MR) is 157 cm³/mol. The van der Waals surface area contributed by atoms with Crippen LogP contribution in [0.3, 0.4) is 0 Å². The van der Waals surface area contributed by atoms with Gasteiger partial charge in [-0.25, -0.2) is 0 Å². The fourth-order valence-electron chi connectivity index (χ4n) is 6.07. The lowest BCUT2D eigenvalue weighted by Crippen LogP contribution is -2.32. The molecule has 0 saturated heterocycles. The second-order valence-corrected chi connectivity index (χ2v) is 9.73. The summed E-state index contributed by atoms with van der Waals surface area (Å²) in [7, 11) is 1.74. The van der Waals surface area contributed by atoms with Gasteiger partial charge in [0.1, 0.15) is 11.3 Å². The van der Waals surface area contributed by atoms with Crippen molar-refractivity contribution in [1.82, 2.24) is 4.57 Å². The van der Waals surface area contributed by atoms with Crippen molar-refractivity contribution < 1.29 is 4.74 Å². The molecule has 0 saturated carbocycles. The molecule has 6 aromatic rings. The monoisotopic (exact) mass is 489 g/mol. The number of benzene rings is 5. The molecule has 7 rings (SSSR count). The number of nitrogens with zero attached hydrogens (tertiary/aromatic N) is 1. The van der Waals surface area contributed by atoms with Gasteiger partial charge in [0.05, 0.1) is 18.3 Å². The highest BCUT2D eigenvalue weighted by atomic mass is 16.5. The SMILES string of the molecule is COc1ccc2c(c1)c(-c1ccccc1)c1n2C(c2ccccc2)(c2ccccc2)C=C1c1ccccc1. The summed E-state index contributed by atoms with van der Waals surface area (Å²) in [6, 6.07) is 49.7. The summed E-state index contributed by atoms with van der Waals surface area (Å²) in [6.45, 7) is 0. The van der Waals surface area contributed by atoms with E-state index in [2.05, 4.69) is 150 Å². The largest absolute Gasteiger partial charge is 0.497 e. The third-order valence-electron chi connectivity index (χ3n) is 7.71. The molecule has 2 heterocycles. The number of hydrogen-bond donors (Lipinski definition) is 0. The van der Waals surface area contributed by atoms with Crippen LogP contribution in [0.25, 0.3) is 27.6 Å². The van der Waals surface area contributed by atoms with Crippen molar-refractivity contribution >= 4 is 16.5 Å². The van der Waals surface area contributed by atoms with E-state index in [0.717, 1.165) is 5.75 Å². The van der Waals surface area contributed by atoms with E-state index < -0.39 is 5.54 Å². The van der Waals surface area contributed by atoms with Crippen LogP contribution >= 0.6 is 0 Å². The second kappa shape index (κ2) is 8.93. The van der Waals surface area contributed by atoms with E-state index >= 15 is 0 Å². The first kappa shape index (κ1) is 22.4. The van der Waals surface area contributed by atoms with E-state index in [1.54, 1.807) is 7.11 Å². The average molecular weight is 490 g/mol. The van der Waals surface area contributed by atoms with Crippen LogP contribution < -0.4 is 4.74 Å². The standard InChI is InChI=1S/C36H27NO/c1-38-30-22-23-33-31(24-30)34(27-16-8-3-9-17-27)35-32(26-14-6-2-7-15-26)25-36(37(33)35,28-18-10-4-11-19-28)29-20-12-5-13-21-29/h2-25H,1H3. The Morgan fingerprint density at radius 3 is 1.66 bits per heavy atom. The molecular weight excluding hydrogens is 462 g/mol. The maximum absolute atomic E-state index is 5.72. The number of hydrogen-bond acceptors (Lipinski definition) is 1. The van der Waals surface area contributed by atoms with Crippen LogP contribution in [0.5, 0.6) is 5.75 Å². The molecule has 5 aromatic carbocycles. The van der Waals surface area contributed by atoms with Gasteiger partial charge < -0.3 is 9.30 Å². The van der Waals surface area contributed by atoms with Crippen molar-refractivity contribution in [3.63, 3.8) is 0 Å². The third-order valence-corrected chi connectivity index (χ3v) is 7.71. The molecule has 182 valence electrons. The molecule has 0 aliphatic carbocycles. The lowest BCUT2D eigenvalue weighted by molar-refractivity contribution is 0.415. The summed E-state index contributed by atoms with van der Waals surface area (Å²) < 4.78 is 8.28. The molecule has 1 aliphatic heterocycles. The Labute approximate surface area is 223 Å². The highest BCUT2D eigenvalue weighted by Crippen LogP contribution is 2.53. The fourth-order valence-corrected chi connectivity index (χ4v) is 6.07. The van der Waals surface area contributed by atoms with Crippen LogP contribution in [0.2, 0.25) is 0 Å². The summed E-state index contributed by atoms with van der Waals surface area (Å²) in [6.07, 6.45) is 2.47. The predicted octanol–water partition coefficient (Wildman–Crippen LogP) is 8.55. The molecule has 0 radical (unpaired) electrons. The number of allylic oxidation sites excluding steroid dienone is 1. The normalized spacial score (nSPS) is 13.8. The summed E-state index contributed by atoms with van der Waals surface area (Å²) in [4.78, 5) is 0. The third kappa shape index (κ3) is 3.27. The molecule has 2 nitrogen and oxygen atoms in total. The average Bonchev–Trinajstić information content (AvgIpc) is 3.53. The first-order chi connectivity index (χ1) is 18.8. The summed E-state index contributed by atoms with van der Waals surface area (Å²) in [5.74, 6) is 0.856. The quantitative estimate of drug-likeness (QED) is 0.237. The maximum atomic E-state index is 5.72. The zero-order valence-electron chi connectivity index (χ0n) is 21.2. The van der Waals surface area contributed by atoms with Gasteiger partial charge in [0.2, 0.25) is 0 Å². The lowest BCUT2D eigenvalue weighted by Gasteiger charge is -2.33. The van der Waals surface area contributed by atoms with E-state index in [0.29, 0.717) is 0 Å². The van der Waals surface area contributed by atoms with Crippen molar-refractivity contribution in [1.29, 1.82) is 0 Å². The van der Waals surface area contributed by atoms with Crippen LogP contribution in [-0.2, 0) is 5.54 Å². The summed E-state index contributed by atoms with van der Waals surface area (Å²) in [5, 5.41) is 1.18. The minimum absolute atomic E-state index is 0.525. The van der Waals surface area contributed by atoms with Crippen LogP contribution in [0.1, 0.15) is 22.4 Å². The molecule has 0 bridgehead atoms. The number of fused-ring (bicyclic) bond motifs is 3. The van der Waals surface area contributed by atoms with Crippen LogP contribution in [0.15, 0.2) is 146 Å². The van der Waals surface area contributed by atoms with Gasteiger partial charge in [-0.05, 0) is 46.5 Å². The van der Waals surface area contributed by atoms with Gasteiger partial charge in [0.25, 0.3) is 0 Å². The first-order valence-electron chi connectivity index (χ1n) is 13.0. The van der Waals surface area contributed by atoms with Gasteiger partial charge >= 0.3 is 0 Å². The Kier molecular flexibility index (Phi) is 5.26. The molecule has 1 aromatic heterocycles. The number of ether oxygens (including phenoxy) is 1. The number of rotatable bonds is 5. The Balaban J connectivity index is 1.71. The van der Waals surface area contributed by atoms with Gasteiger partial charge in [-0.1, -0.05) is 121 Å². The van der Waals surface area contributed by atoms with E-state index in [9.17, 15) is 0 Å². The smallest absolute Gasteiger partial charge is 0.119 e. The van der Waals surface area contributed by atoms with Gasteiger partial charge in [-0.2, -0.15) is 0 Å². The van der Waals surface area contributed by atoms with E-state index in [4.69, 9.17) is 4.74 Å². The van der Waals surface area contributed by atoms with Crippen LogP contribution in [0.4, 0.5) is 0 Å². The van der Waals surface area contributed by atoms with Crippen molar-refractivity contribution in [2.75, 3.05) is 7.11 Å². The molecule has 0 atom stereocenters. The molecular formula is C36H27NO. The minimum Gasteiger partial charge on any atom is -0.497 e. The van der Waals surface area contributed by atoms with Gasteiger partial charge in [-0.15, -0.1) is 0 Å². The van der Waals surface area contributed by atoms with E-state index in [1.165, 1.54) is 50.0 Å². The Morgan fingerprint density at radius 1 is 0.579 bits per heavy atom. The second-order valence-electron chi connectivity index (χ2n) is 9.73. The number of methoxy groups -OCH3 is 1. The minimum atomic E-state index is -0.525.